The highest BCUT2D eigenvalue weighted by molar-refractivity contribution is 7.99. The lowest BCUT2D eigenvalue weighted by molar-refractivity contribution is 0.274. The third kappa shape index (κ3) is 3.39. The molecule has 1 saturated heterocycles. The summed E-state index contributed by atoms with van der Waals surface area (Å²) < 4.78 is 13.7. The van der Waals surface area contributed by atoms with Crippen LogP contribution in [-0.2, 0) is 6.54 Å². The number of thioether (sulfide) groups is 1. The van der Waals surface area contributed by atoms with Crippen molar-refractivity contribution in [3.63, 3.8) is 0 Å². The highest BCUT2D eigenvalue weighted by atomic mass is 32.2. The second kappa shape index (κ2) is 6.43. The number of benzene rings is 1. The van der Waals surface area contributed by atoms with Gasteiger partial charge < -0.3 is 5.73 Å². The first kappa shape index (κ1) is 13.7. The molecular formula is C14H21FN2S. The van der Waals surface area contributed by atoms with Gasteiger partial charge in [0.05, 0.1) is 0 Å². The number of anilines is 1. The molecule has 0 saturated carbocycles. The number of halogens is 1. The van der Waals surface area contributed by atoms with Gasteiger partial charge in [0.2, 0.25) is 0 Å². The molecule has 100 valence electrons. The van der Waals surface area contributed by atoms with Crippen molar-refractivity contribution in [3.8, 4) is 0 Å². The van der Waals surface area contributed by atoms with Crippen molar-refractivity contribution >= 4 is 17.4 Å². The molecule has 1 unspecified atom stereocenters. The minimum atomic E-state index is -0.180. The zero-order valence-corrected chi connectivity index (χ0v) is 11.7. The molecule has 1 fully saturated rings. The van der Waals surface area contributed by atoms with Gasteiger partial charge in [0.1, 0.15) is 5.82 Å². The summed E-state index contributed by atoms with van der Waals surface area (Å²) >= 11 is 1.95. The van der Waals surface area contributed by atoms with Crippen molar-refractivity contribution in [2.75, 3.05) is 25.1 Å². The van der Waals surface area contributed by atoms with Gasteiger partial charge in [0.15, 0.2) is 0 Å². The fourth-order valence-corrected chi connectivity index (χ4v) is 3.23. The van der Waals surface area contributed by atoms with Crippen molar-refractivity contribution in [1.29, 1.82) is 0 Å². The maximum absolute atomic E-state index is 13.7. The molecule has 0 aliphatic carbocycles. The molecule has 1 atom stereocenters. The normalized spacial score (nSPS) is 21.8. The van der Waals surface area contributed by atoms with E-state index in [-0.39, 0.29) is 5.82 Å². The Bertz CT molecular complexity index is 377. The molecule has 1 aliphatic rings. The van der Waals surface area contributed by atoms with Gasteiger partial charge in [-0.3, -0.25) is 4.90 Å². The molecule has 0 amide bonds. The predicted molar refractivity (Wildman–Crippen MR) is 77.2 cm³/mol. The topological polar surface area (TPSA) is 29.3 Å². The van der Waals surface area contributed by atoms with Gasteiger partial charge in [-0.15, -0.1) is 0 Å². The third-order valence-electron chi connectivity index (χ3n) is 3.64. The molecule has 1 aromatic carbocycles. The maximum Gasteiger partial charge on any atom is 0.129 e. The average molecular weight is 268 g/mol. The molecule has 2 nitrogen and oxygen atoms in total. The van der Waals surface area contributed by atoms with Crippen molar-refractivity contribution in [3.05, 3.63) is 29.6 Å². The Morgan fingerprint density at radius 1 is 1.39 bits per heavy atom. The minimum absolute atomic E-state index is 0.180. The Morgan fingerprint density at radius 2 is 2.22 bits per heavy atom. The zero-order valence-electron chi connectivity index (χ0n) is 10.9. The summed E-state index contributed by atoms with van der Waals surface area (Å²) in [5.41, 5.74) is 7.08. The van der Waals surface area contributed by atoms with Crippen molar-refractivity contribution < 1.29 is 4.39 Å². The summed E-state index contributed by atoms with van der Waals surface area (Å²) in [5.74, 6) is -0.180. The lowest BCUT2D eigenvalue weighted by Crippen LogP contribution is -2.25. The van der Waals surface area contributed by atoms with Crippen LogP contribution >= 0.6 is 11.8 Å². The number of hydrogen-bond acceptors (Lipinski definition) is 3. The van der Waals surface area contributed by atoms with Crippen LogP contribution in [0, 0.1) is 5.82 Å². The van der Waals surface area contributed by atoms with E-state index in [1.807, 2.05) is 11.8 Å². The van der Waals surface area contributed by atoms with E-state index in [9.17, 15) is 4.39 Å². The van der Waals surface area contributed by atoms with Gasteiger partial charge in [-0.2, -0.15) is 11.8 Å². The van der Waals surface area contributed by atoms with Gasteiger partial charge in [0, 0.05) is 23.0 Å². The van der Waals surface area contributed by atoms with Crippen LogP contribution in [-0.4, -0.2) is 29.5 Å². The summed E-state index contributed by atoms with van der Waals surface area (Å²) in [6.07, 6.45) is 5.83. The summed E-state index contributed by atoms with van der Waals surface area (Å²) in [4.78, 5) is 2.32. The molecule has 2 N–H and O–H groups in total. The standard InChI is InChI=1S/C14H21FN2S/c1-18-11-4-3-8-17(9-7-11)10-12-13(15)5-2-6-14(12)16/h2,5-6,11H,3-4,7-10,16H2,1H3. The van der Waals surface area contributed by atoms with Crippen LogP contribution in [0.1, 0.15) is 24.8 Å². The second-order valence-corrected chi connectivity index (χ2v) is 6.01. The van der Waals surface area contributed by atoms with E-state index in [0.717, 1.165) is 18.3 Å². The molecule has 1 aliphatic heterocycles. The van der Waals surface area contributed by atoms with E-state index >= 15 is 0 Å². The van der Waals surface area contributed by atoms with E-state index in [1.54, 1.807) is 12.1 Å². The van der Waals surface area contributed by atoms with E-state index in [1.165, 1.54) is 25.3 Å². The van der Waals surface area contributed by atoms with Crippen LogP contribution in [0.3, 0.4) is 0 Å². The van der Waals surface area contributed by atoms with E-state index in [2.05, 4.69) is 11.2 Å². The Labute approximate surface area is 113 Å². The van der Waals surface area contributed by atoms with Gasteiger partial charge in [-0.05, 0) is 50.7 Å². The molecule has 18 heavy (non-hydrogen) atoms. The minimum Gasteiger partial charge on any atom is -0.398 e. The second-order valence-electron chi connectivity index (χ2n) is 4.87. The summed E-state index contributed by atoms with van der Waals surface area (Å²) in [6, 6.07) is 4.94. The van der Waals surface area contributed by atoms with Gasteiger partial charge in [-0.25, -0.2) is 4.39 Å². The van der Waals surface area contributed by atoms with Crippen LogP contribution < -0.4 is 5.73 Å². The zero-order chi connectivity index (χ0) is 13.0. The fourth-order valence-electron chi connectivity index (χ4n) is 2.48. The van der Waals surface area contributed by atoms with Crippen LogP contribution in [0.5, 0.6) is 0 Å². The molecule has 0 aromatic heterocycles. The van der Waals surface area contributed by atoms with Crippen molar-refractivity contribution in [2.45, 2.75) is 31.1 Å². The molecule has 0 spiro atoms. The Morgan fingerprint density at radius 3 is 2.94 bits per heavy atom. The first-order chi connectivity index (χ1) is 8.70. The lowest BCUT2D eigenvalue weighted by atomic mass is 10.1. The average Bonchev–Trinajstić information content (AvgIpc) is 2.59. The van der Waals surface area contributed by atoms with Crippen LogP contribution in [0.2, 0.25) is 0 Å². The quantitative estimate of drug-likeness (QED) is 0.854. The SMILES string of the molecule is CSC1CCCN(Cc2c(N)cccc2F)CC1. The number of nitrogens with two attached hydrogens (primary N) is 1. The van der Waals surface area contributed by atoms with Crippen molar-refractivity contribution in [1.82, 2.24) is 4.90 Å². The largest absolute Gasteiger partial charge is 0.398 e. The lowest BCUT2D eigenvalue weighted by Gasteiger charge is -2.21. The van der Waals surface area contributed by atoms with Crippen LogP contribution in [0.25, 0.3) is 0 Å². The highest BCUT2D eigenvalue weighted by Gasteiger charge is 2.18. The third-order valence-corrected chi connectivity index (χ3v) is 4.78. The smallest absolute Gasteiger partial charge is 0.129 e. The summed E-state index contributed by atoms with van der Waals surface area (Å²) in [5, 5.41) is 0.757. The Hall–Kier alpha value is -0.740. The Kier molecular flexibility index (Phi) is 4.89. The molecule has 1 heterocycles. The number of likely N-dealkylation sites (tertiary alicyclic amines) is 1. The predicted octanol–water partition coefficient (Wildman–Crippen LogP) is 3.13. The first-order valence-corrected chi connectivity index (χ1v) is 7.77. The molecule has 0 bridgehead atoms. The summed E-state index contributed by atoms with van der Waals surface area (Å²) in [7, 11) is 0. The molecule has 0 radical (unpaired) electrons. The molecule has 2 rings (SSSR count). The number of nitrogens with zero attached hydrogens (tertiary/aromatic N) is 1. The van der Waals surface area contributed by atoms with Gasteiger partial charge in [-0.1, -0.05) is 6.07 Å². The Balaban J connectivity index is 2.01. The number of rotatable bonds is 3. The van der Waals surface area contributed by atoms with Crippen molar-refractivity contribution in [2.24, 2.45) is 0 Å². The molecular weight excluding hydrogens is 247 g/mol. The van der Waals surface area contributed by atoms with Gasteiger partial charge in [0.25, 0.3) is 0 Å². The monoisotopic (exact) mass is 268 g/mol. The fraction of sp³-hybridized carbons (Fsp3) is 0.571. The number of nitrogen functional groups attached to an aromatic ring is 1. The van der Waals surface area contributed by atoms with E-state index in [0.29, 0.717) is 17.8 Å². The van der Waals surface area contributed by atoms with E-state index in [4.69, 9.17) is 5.73 Å². The first-order valence-electron chi connectivity index (χ1n) is 6.48. The summed E-state index contributed by atoms with van der Waals surface area (Å²) in [6.45, 7) is 2.73. The van der Waals surface area contributed by atoms with Gasteiger partial charge >= 0.3 is 0 Å². The maximum atomic E-state index is 13.7. The highest BCUT2D eigenvalue weighted by Crippen LogP contribution is 2.24. The number of hydrogen-bond donors (Lipinski definition) is 1. The molecule has 4 heteroatoms. The molecule has 1 aromatic rings. The van der Waals surface area contributed by atoms with Crippen LogP contribution in [0.4, 0.5) is 10.1 Å². The van der Waals surface area contributed by atoms with E-state index < -0.39 is 0 Å². The van der Waals surface area contributed by atoms with Crippen LogP contribution in [0.15, 0.2) is 18.2 Å².